The van der Waals surface area contributed by atoms with Crippen molar-refractivity contribution in [2.75, 3.05) is 0 Å². The van der Waals surface area contributed by atoms with Gasteiger partial charge in [0.1, 0.15) is 0 Å². The van der Waals surface area contributed by atoms with Gasteiger partial charge in [0.05, 0.1) is 5.41 Å². The minimum atomic E-state index is -0.648. The second-order valence-corrected chi connectivity index (χ2v) is 5.00. The summed E-state index contributed by atoms with van der Waals surface area (Å²) in [7, 11) is 0. The maximum Gasteiger partial charge on any atom is 0.310 e. The van der Waals surface area contributed by atoms with Crippen LogP contribution in [-0.2, 0) is 11.2 Å². The first-order valence-corrected chi connectivity index (χ1v) is 6.36. The van der Waals surface area contributed by atoms with Gasteiger partial charge in [0.25, 0.3) is 0 Å². The minimum Gasteiger partial charge on any atom is -0.481 e. The van der Waals surface area contributed by atoms with Gasteiger partial charge in [-0.25, -0.2) is 0 Å². The molecular formula is C14H19NO2. The summed E-state index contributed by atoms with van der Waals surface area (Å²) in [4.78, 5) is 15.9. The monoisotopic (exact) mass is 233 g/mol. The lowest BCUT2D eigenvalue weighted by Gasteiger charge is -2.27. The number of carbonyl (C=O) groups is 1. The van der Waals surface area contributed by atoms with Crippen LogP contribution < -0.4 is 0 Å². The van der Waals surface area contributed by atoms with E-state index in [0.29, 0.717) is 6.42 Å². The van der Waals surface area contributed by atoms with Gasteiger partial charge in [0.2, 0.25) is 0 Å². The van der Waals surface area contributed by atoms with E-state index in [2.05, 4.69) is 4.98 Å². The second kappa shape index (κ2) is 5.30. The molecule has 1 aliphatic carbocycles. The molecule has 1 fully saturated rings. The van der Waals surface area contributed by atoms with Crippen molar-refractivity contribution in [1.82, 2.24) is 4.98 Å². The zero-order valence-electron chi connectivity index (χ0n) is 10.1. The molecule has 92 valence electrons. The molecular weight excluding hydrogens is 214 g/mol. The molecule has 0 radical (unpaired) electrons. The van der Waals surface area contributed by atoms with Gasteiger partial charge in [-0.3, -0.25) is 9.78 Å². The van der Waals surface area contributed by atoms with Crippen molar-refractivity contribution in [2.24, 2.45) is 5.41 Å². The van der Waals surface area contributed by atoms with E-state index in [1.807, 2.05) is 18.2 Å². The molecule has 0 amide bonds. The Morgan fingerprint density at radius 1 is 1.24 bits per heavy atom. The van der Waals surface area contributed by atoms with Gasteiger partial charge in [0, 0.05) is 18.3 Å². The topological polar surface area (TPSA) is 50.2 Å². The van der Waals surface area contributed by atoms with E-state index in [0.717, 1.165) is 44.2 Å². The maximum atomic E-state index is 11.6. The number of carboxylic acids is 1. The number of aromatic nitrogens is 1. The Bertz CT molecular complexity index is 367. The summed E-state index contributed by atoms with van der Waals surface area (Å²) in [5, 5.41) is 9.55. The van der Waals surface area contributed by atoms with Crippen LogP contribution in [0.5, 0.6) is 0 Å². The molecule has 0 spiro atoms. The van der Waals surface area contributed by atoms with E-state index >= 15 is 0 Å². The maximum absolute atomic E-state index is 11.6. The third-order valence-corrected chi connectivity index (χ3v) is 3.76. The van der Waals surface area contributed by atoms with Crippen molar-refractivity contribution >= 4 is 5.97 Å². The van der Waals surface area contributed by atoms with Gasteiger partial charge in [-0.15, -0.1) is 0 Å². The predicted octanol–water partition coefficient (Wildman–Crippen LogP) is 3.05. The lowest BCUT2D eigenvalue weighted by atomic mass is 9.76. The Labute approximate surface area is 102 Å². The van der Waals surface area contributed by atoms with Crippen LogP contribution in [0.15, 0.2) is 24.4 Å². The van der Waals surface area contributed by atoms with Crippen LogP contribution in [0.25, 0.3) is 0 Å². The summed E-state index contributed by atoms with van der Waals surface area (Å²) in [6, 6.07) is 5.72. The summed E-state index contributed by atoms with van der Waals surface area (Å²) in [6.07, 6.45) is 8.27. The van der Waals surface area contributed by atoms with Gasteiger partial charge >= 0.3 is 5.97 Å². The summed E-state index contributed by atoms with van der Waals surface area (Å²) < 4.78 is 0. The van der Waals surface area contributed by atoms with E-state index in [-0.39, 0.29) is 0 Å². The van der Waals surface area contributed by atoms with Crippen molar-refractivity contribution in [3.63, 3.8) is 0 Å². The summed E-state index contributed by atoms with van der Waals surface area (Å²) in [6.45, 7) is 0. The van der Waals surface area contributed by atoms with Crippen LogP contribution in [0.1, 0.15) is 44.2 Å². The van der Waals surface area contributed by atoms with Crippen LogP contribution in [0, 0.1) is 5.41 Å². The smallest absolute Gasteiger partial charge is 0.310 e. The van der Waals surface area contributed by atoms with Crippen LogP contribution in [0.2, 0.25) is 0 Å². The van der Waals surface area contributed by atoms with Crippen LogP contribution in [-0.4, -0.2) is 16.1 Å². The number of hydrogen-bond acceptors (Lipinski definition) is 2. The van der Waals surface area contributed by atoms with Gasteiger partial charge in [-0.05, 0) is 25.0 Å². The Balaban J connectivity index is 2.19. The first-order chi connectivity index (χ1) is 8.23. The van der Waals surface area contributed by atoms with Gasteiger partial charge in [-0.1, -0.05) is 31.7 Å². The third kappa shape index (κ3) is 2.84. The van der Waals surface area contributed by atoms with Crippen molar-refractivity contribution in [3.05, 3.63) is 30.1 Å². The normalized spacial score (nSPS) is 19.5. The number of rotatable bonds is 3. The Morgan fingerprint density at radius 2 is 1.94 bits per heavy atom. The third-order valence-electron chi connectivity index (χ3n) is 3.76. The van der Waals surface area contributed by atoms with E-state index in [9.17, 15) is 9.90 Å². The highest BCUT2D eigenvalue weighted by atomic mass is 16.4. The number of nitrogens with zero attached hydrogens (tertiary/aromatic N) is 1. The first-order valence-electron chi connectivity index (χ1n) is 6.36. The molecule has 1 N–H and O–H groups in total. The Morgan fingerprint density at radius 3 is 2.47 bits per heavy atom. The zero-order valence-corrected chi connectivity index (χ0v) is 10.1. The van der Waals surface area contributed by atoms with E-state index in [1.54, 1.807) is 6.20 Å². The molecule has 1 aromatic heterocycles. The number of aliphatic carboxylic acids is 1. The fourth-order valence-electron chi connectivity index (χ4n) is 2.72. The highest BCUT2D eigenvalue weighted by Crippen LogP contribution is 2.38. The lowest BCUT2D eigenvalue weighted by molar-refractivity contribution is -0.149. The fourth-order valence-corrected chi connectivity index (χ4v) is 2.72. The molecule has 0 aliphatic heterocycles. The van der Waals surface area contributed by atoms with Gasteiger partial charge < -0.3 is 5.11 Å². The molecule has 0 bridgehead atoms. The quantitative estimate of drug-likeness (QED) is 0.816. The Kier molecular flexibility index (Phi) is 3.77. The van der Waals surface area contributed by atoms with Gasteiger partial charge in [0.15, 0.2) is 0 Å². The van der Waals surface area contributed by atoms with E-state index in [1.165, 1.54) is 0 Å². The summed E-state index contributed by atoms with van der Waals surface area (Å²) in [5.41, 5.74) is 0.321. The van der Waals surface area contributed by atoms with Crippen LogP contribution in [0.4, 0.5) is 0 Å². The largest absolute Gasteiger partial charge is 0.481 e. The molecule has 0 unspecified atom stereocenters. The molecule has 1 aliphatic rings. The highest BCUT2D eigenvalue weighted by Gasteiger charge is 2.38. The molecule has 0 atom stereocenters. The fraction of sp³-hybridized carbons (Fsp3) is 0.571. The zero-order chi connectivity index (χ0) is 12.1. The number of hydrogen-bond donors (Lipinski definition) is 1. The minimum absolute atomic E-state index is 0.573. The van der Waals surface area contributed by atoms with Crippen LogP contribution >= 0.6 is 0 Å². The summed E-state index contributed by atoms with van der Waals surface area (Å²) >= 11 is 0. The standard InChI is InChI=1S/C14H19NO2/c16-13(17)14(8-4-1-2-5-9-14)11-12-7-3-6-10-15-12/h3,6-7,10H,1-2,4-5,8-9,11H2,(H,16,17). The molecule has 17 heavy (non-hydrogen) atoms. The number of pyridine rings is 1. The molecule has 3 nitrogen and oxygen atoms in total. The molecule has 1 heterocycles. The van der Waals surface area contributed by atoms with Crippen molar-refractivity contribution in [3.8, 4) is 0 Å². The lowest BCUT2D eigenvalue weighted by Crippen LogP contribution is -2.33. The van der Waals surface area contributed by atoms with E-state index < -0.39 is 11.4 Å². The molecule has 1 aromatic rings. The molecule has 2 rings (SSSR count). The predicted molar refractivity (Wildman–Crippen MR) is 65.7 cm³/mol. The average molecular weight is 233 g/mol. The van der Waals surface area contributed by atoms with Gasteiger partial charge in [-0.2, -0.15) is 0 Å². The molecule has 0 aromatic carbocycles. The van der Waals surface area contributed by atoms with Crippen molar-refractivity contribution in [2.45, 2.75) is 44.9 Å². The first kappa shape index (κ1) is 12.1. The van der Waals surface area contributed by atoms with E-state index in [4.69, 9.17) is 0 Å². The molecule has 1 saturated carbocycles. The highest BCUT2D eigenvalue weighted by molar-refractivity contribution is 5.75. The van der Waals surface area contributed by atoms with Crippen molar-refractivity contribution < 1.29 is 9.90 Å². The SMILES string of the molecule is O=C(O)C1(Cc2ccccn2)CCCCCC1. The molecule has 3 heteroatoms. The second-order valence-electron chi connectivity index (χ2n) is 5.00. The Hall–Kier alpha value is -1.38. The van der Waals surface area contributed by atoms with Crippen LogP contribution in [0.3, 0.4) is 0 Å². The number of carboxylic acid groups (broad SMARTS) is 1. The molecule has 0 saturated heterocycles. The average Bonchev–Trinajstić information content (AvgIpc) is 2.57. The van der Waals surface area contributed by atoms with Crippen molar-refractivity contribution in [1.29, 1.82) is 0 Å². The summed E-state index contributed by atoms with van der Waals surface area (Å²) in [5.74, 6) is -0.648.